The minimum Gasteiger partial charge on any atom is -0.508 e. The van der Waals surface area contributed by atoms with Gasteiger partial charge in [-0.1, -0.05) is 23.9 Å². The first-order chi connectivity index (χ1) is 8.00. The zero-order chi connectivity index (χ0) is 12.8. The predicted octanol–water partition coefficient (Wildman–Crippen LogP) is 1.46. The van der Waals surface area contributed by atoms with E-state index in [1.165, 1.54) is 19.1 Å². The first kappa shape index (κ1) is 14.0. The molecule has 0 aliphatic rings. The fourth-order valence-electron chi connectivity index (χ4n) is 1.41. The lowest BCUT2D eigenvalue weighted by atomic mass is 10.0. The van der Waals surface area contributed by atoms with Gasteiger partial charge in [-0.05, 0) is 24.1 Å². The molecular formula is C12H16O4S. The smallest absolute Gasteiger partial charge is 0.185 e. The molecule has 2 atom stereocenters. The lowest BCUT2D eigenvalue weighted by Gasteiger charge is -2.17. The highest BCUT2D eigenvalue weighted by molar-refractivity contribution is 8.13. The third-order valence-corrected chi connectivity index (χ3v) is 3.14. The molecule has 5 heteroatoms. The quantitative estimate of drug-likeness (QED) is 0.743. The number of thioether (sulfide) groups is 1. The van der Waals surface area contributed by atoms with E-state index in [0.717, 1.165) is 11.8 Å². The van der Waals surface area contributed by atoms with Crippen LogP contribution in [0.2, 0.25) is 0 Å². The second-order valence-corrected chi connectivity index (χ2v) is 5.01. The molecule has 0 aliphatic carbocycles. The molecule has 1 aromatic rings. The largest absolute Gasteiger partial charge is 0.508 e. The molecule has 0 fully saturated rings. The van der Waals surface area contributed by atoms with Crippen LogP contribution in [0, 0.1) is 0 Å². The second-order valence-electron chi connectivity index (χ2n) is 3.74. The molecule has 0 aliphatic heterocycles. The summed E-state index contributed by atoms with van der Waals surface area (Å²) in [6, 6.07) is 6.14. The van der Waals surface area contributed by atoms with Gasteiger partial charge >= 0.3 is 0 Å². The van der Waals surface area contributed by atoms with E-state index in [0.29, 0.717) is 17.7 Å². The lowest BCUT2D eigenvalue weighted by molar-refractivity contribution is -0.109. The first-order valence-electron chi connectivity index (χ1n) is 5.29. The number of phenols is 1. The summed E-state index contributed by atoms with van der Waals surface area (Å²) in [6.45, 7) is 1.46. The third-order valence-electron chi connectivity index (χ3n) is 2.30. The fourth-order valence-corrected chi connectivity index (χ4v) is 2.06. The number of hydrogen-bond acceptors (Lipinski definition) is 5. The van der Waals surface area contributed by atoms with Gasteiger partial charge in [0, 0.05) is 12.7 Å². The molecule has 0 heterocycles. The Bertz CT molecular complexity index is 381. The van der Waals surface area contributed by atoms with Crippen LogP contribution >= 0.6 is 11.8 Å². The molecule has 2 unspecified atom stereocenters. The number of carbonyl (C=O) groups excluding carboxylic acids is 1. The summed E-state index contributed by atoms with van der Waals surface area (Å²) in [6.07, 6.45) is -1.67. The highest BCUT2D eigenvalue weighted by atomic mass is 32.2. The van der Waals surface area contributed by atoms with Gasteiger partial charge in [-0.3, -0.25) is 4.79 Å². The van der Waals surface area contributed by atoms with Crippen LogP contribution in [0.1, 0.15) is 25.0 Å². The SMILES string of the molecule is CC(=O)SCCC(O)C(O)c1cccc(O)c1. The minimum atomic E-state index is -1.05. The van der Waals surface area contributed by atoms with Crippen molar-refractivity contribution in [2.75, 3.05) is 5.75 Å². The Labute approximate surface area is 104 Å². The molecule has 1 aromatic carbocycles. The van der Waals surface area contributed by atoms with Crippen molar-refractivity contribution in [2.24, 2.45) is 0 Å². The van der Waals surface area contributed by atoms with Crippen LogP contribution < -0.4 is 0 Å². The maximum atomic E-state index is 10.7. The van der Waals surface area contributed by atoms with Gasteiger partial charge in [-0.25, -0.2) is 0 Å². The number of rotatable bonds is 5. The van der Waals surface area contributed by atoms with Crippen LogP contribution in [0.5, 0.6) is 5.75 Å². The summed E-state index contributed by atoms with van der Waals surface area (Å²) in [7, 11) is 0. The molecular weight excluding hydrogens is 240 g/mol. The normalized spacial score (nSPS) is 14.3. The lowest BCUT2D eigenvalue weighted by Crippen LogP contribution is -2.19. The third kappa shape index (κ3) is 4.77. The van der Waals surface area contributed by atoms with Gasteiger partial charge in [0.15, 0.2) is 5.12 Å². The van der Waals surface area contributed by atoms with Crippen molar-refractivity contribution in [1.29, 1.82) is 0 Å². The van der Waals surface area contributed by atoms with E-state index in [1.54, 1.807) is 12.1 Å². The number of aromatic hydroxyl groups is 1. The van der Waals surface area contributed by atoms with Gasteiger partial charge in [0.05, 0.1) is 6.10 Å². The number of carbonyl (C=O) groups is 1. The average molecular weight is 256 g/mol. The Morgan fingerprint density at radius 2 is 2.12 bits per heavy atom. The number of benzene rings is 1. The molecule has 0 spiro atoms. The summed E-state index contributed by atoms with van der Waals surface area (Å²) < 4.78 is 0. The molecule has 0 amide bonds. The molecule has 1 rings (SSSR count). The van der Waals surface area contributed by atoms with E-state index in [4.69, 9.17) is 0 Å². The van der Waals surface area contributed by atoms with Crippen LogP contribution in [0.15, 0.2) is 24.3 Å². The van der Waals surface area contributed by atoms with E-state index in [9.17, 15) is 20.1 Å². The maximum Gasteiger partial charge on any atom is 0.185 e. The van der Waals surface area contributed by atoms with Crippen molar-refractivity contribution in [2.45, 2.75) is 25.6 Å². The molecule has 0 bridgehead atoms. The number of aliphatic hydroxyl groups is 2. The van der Waals surface area contributed by atoms with Crippen LogP contribution in [0.4, 0.5) is 0 Å². The predicted molar refractivity (Wildman–Crippen MR) is 66.8 cm³/mol. The van der Waals surface area contributed by atoms with E-state index < -0.39 is 12.2 Å². The van der Waals surface area contributed by atoms with Crippen molar-refractivity contribution in [3.63, 3.8) is 0 Å². The van der Waals surface area contributed by atoms with Gasteiger partial charge in [-0.2, -0.15) is 0 Å². The van der Waals surface area contributed by atoms with E-state index in [2.05, 4.69) is 0 Å². The van der Waals surface area contributed by atoms with Gasteiger partial charge in [-0.15, -0.1) is 0 Å². The van der Waals surface area contributed by atoms with E-state index in [1.807, 2.05) is 0 Å². The van der Waals surface area contributed by atoms with Crippen LogP contribution in [0.3, 0.4) is 0 Å². The van der Waals surface area contributed by atoms with Crippen molar-refractivity contribution in [3.8, 4) is 5.75 Å². The molecule has 0 saturated heterocycles. The van der Waals surface area contributed by atoms with E-state index in [-0.39, 0.29) is 10.9 Å². The highest BCUT2D eigenvalue weighted by Gasteiger charge is 2.18. The van der Waals surface area contributed by atoms with Crippen molar-refractivity contribution >= 4 is 16.9 Å². The summed E-state index contributed by atoms with van der Waals surface area (Å²) in [5.74, 6) is 0.513. The molecule has 17 heavy (non-hydrogen) atoms. The fraction of sp³-hybridized carbons (Fsp3) is 0.417. The van der Waals surface area contributed by atoms with Crippen molar-refractivity contribution < 1.29 is 20.1 Å². The Morgan fingerprint density at radius 1 is 1.41 bits per heavy atom. The zero-order valence-corrected chi connectivity index (χ0v) is 10.4. The molecule has 0 radical (unpaired) electrons. The minimum absolute atomic E-state index is 0.0101. The molecule has 4 nitrogen and oxygen atoms in total. The summed E-state index contributed by atoms with van der Waals surface area (Å²) in [5, 5.41) is 28.8. The van der Waals surface area contributed by atoms with Gasteiger partial charge in [0.25, 0.3) is 0 Å². The Hall–Kier alpha value is -1.04. The summed E-state index contributed by atoms with van der Waals surface area (Å²) in [4.78, 5) is 10.7. The summed E-state index contributed by atoms with van der Waals surface area (Å²) in [5.41, 5.74) is 0.463. The van der Waals surface area contributed by atoms with Gasteiger partial charge in [0.1, 0.15) is 11.9 Å². The van der Waals surface area contributed by atoms with Gasteiger partial charge in [0.2, 0.25) is 0 Å². The topological polar surface area (TPSA) is 77.8 Å². The Balaban J connectivity index is 2.51. The Morgan fingerprint density at radius 3 is 2.71 bits per heavy atom. The number of hydrogen-bond donors (Lipinski definition) is 3. The monoisotopic (exact) mass is 256 g/mol. The van der Waals surface area contributed by atoms with Crippen LogP contribution in [0.25, 0.3) is 0 Å². The first-order valence-corrected chi connectivity index (χ1v) is 6.27. The van der Waals surface area contributed by atoms with Crippen LogP contribution in [-0.4, -0.2) is 32.3 Å². The molecule has 0 saturated carbocycles. The van der Waals surface area contributed by atoms with Gasteiger partial charge < -0.3 is 15.3 Å². The van der Waals surface area contributed by atoms with Crippen molar-refractivity contribution in [1.82, 2.24) is 0 Å². The number of phenolic OH excluding ortho intramolecular Hbond substituents is 1. The van der Waals surface area contributed by atoms with Crippen LogP contribution in [-0.2, 0) is 4.79 Å². The molecule has 3 N–H and O–H groups in total. The number of aliphatic hydroxyl groups excluding tert-OH is 2. The highest BCUT2D eigenvalue weighted by Crippen LogP contribution is 2.23. The Kier molecular flexibility index (Phi) is 5.47. The van der Waals surface area contributed by atoms with E-state index >= 15 is 0 Å². The standard InChI is InChI=1S/C12H16O4S/c1-8(13)17-6-5-11(15)12(16)9-3-2-4-10(14)7-9/h2-4,7,11-12,14-16H,5-6H2,1H3. The molecule has 94 valence electrons. The summed E-state index contributed by atoms with van der Waals surface area (Å²) >= 11 is 1.12. The zero-order valence-electron chi connectivity index (χ0n) is 9.54. The second kappa shape index (κ2) is 6.64. The average Bonchev–Trinajstić information content (AvgIpc) is 2.27. The maximum absolute atomic E-state index is 10.7. The molecule has 0 aromatic heterocycles. The van der Waals surface area contributed by atoms with Crippen molar-refractivity contribution in [3.05, 3.63) is 29.8 Å².